The zero-order valence-corrected chi connectivity index (χ0v) is 22.9. The van der Waals surface area contributed by atoms with E-state index in [0.29, 0.717) is 18.8 Å². The maximum Gasteiger partial charge on any atom is 0.322 e. The molecule has 2 heterocycles. The second kappa shape index (κ2) is 11.9. The SMILES string of the molecule is Cc1ccc(NC(=O)N(CC(=O)N(Cc2ccc3c(c2)OCO3)Cc2sccc2C)C2CCCCC2)cc1. The van der Waals surface area contributed by atoms with E-state index in [1.165, 1.54) is 12.0 Å². The number of hydrogen-bond donors (Lipinski definition) is 1. The minimum Gasteiger partial charge on any atom is -0.454 e. The van der Waals surface area contributed by atoms with Crippen LogP contribution >= 0.6 is 11.3 Å². The number of rotatable bonds is 8. The Morgan fingerprint density at radius 2 is 1.71 bits per heavy atom. The van der Waals surface area contributed by atoms with Crippen LogP contribution in [0.1, 0.15) is 53.7 Å². The zero-order valence-electron chi connectivity index (χ0n) is 22.1. The fourth-order valence-electron chi connectivity index (χ4n) is 5.07. The summed E-state index contributed by atoms with van der Waals surface area (Å²) in [6, 6.07) is 15.5. The highest BCUT2D eigenvalue weighted by molar-refractivity contribution is 7.10. The van der Waals surface area contributed by atoms with Crippen molar-refractivity contribution in [2.24, 2.45) is 0 Å². The first-order valence-electron chi connectivity index (χ1n) is 13.3. The number of amides is 3. The predicted molar refractivity (Wildman–Crippen MR) is 150 cm³/mol. The number of nitrogens with one attached hydrogen (secondary N) is 1. The van der Waals surface area contributed by atoms with E-state index < -0.39 is 0 Å². The molecule has 1 saturated carbocycles. The summed E-state index contributed by atoms with van der Waals surface area (Å²) < 4.78 is 11.0. The maximum atomic E-state index is 13.9. The van der Waals surface area contributed by atoms with Gasteiger partial charge in [-0.1, -0.05) is 43.0 Å². The van der Waals surface area contributed by atoms with E-state index in [9.17, 15) is 9.59 Å². The Bertz CT molecular complexity index is 1270. The number of ether oxygens (including phenoxy) is 2. The summed E-state index contributed by atoms with van der Waals surface area (Å²) in [5.41, 5.74) is 4.00. The second-order valence-electron chi connectivity index (χ2n) is 10.2. The fourth-order valence-corrected chi connectivity index (χ4v) is 5.99. The van der Waals surface area contributed by atoms with E-state index in [4.69, 9.17) is 9.47 Å². The van der Waals surface area contributed by atoms with Gasteiger partial charge in [0, 0.05) is 23.2 Å². The summed E-state index contributed by atoms with van der Waals surface area (Å²) in [5, 5.41) is 5.08. The van der Waals surface area contributed by atoms with Crippen molar-refractivity contribution in [3.63, 3.8) is 0 Å². The third-order valence-electron chi connectivity index (χ3n) is 7.35. The van der Waals surface area contributed by atoms with E-state index in [-0.39, 0.29) is 31.3 Å². The van der Waals surface area contributed by atoms with E-state index in [2.05, 4.69) is 23.7 Å². The first-order chi connectivity index (χ1) is 18.5. The highest BCUT2D eigenvalue weighted by Gasteiger charge is 2.30. The number of hydrogen-bond acceptors (Lipinski definition) is 5. The molecule has 1 aliphatic carbocycles. The number of carbonyl (C=O) groups is 2. The third-order valence-corrected chi connectivity index (χ3v) is 8.36. The molecule has 200 valence electrons. The molecule has 2 aromatic carbocycles. The molecule has 3 aromatic rings. The van der Waals surface area contributed by atoms with Crippen LogP contribution < -0.4 is 14.8 Å². The van der Waals surface area contributed by atoms with Crippen molar-refractivity contribution in [2.75, 3.05) is 18.7 Å². The molecule has 5 rings (SSSR count). The molecule has 1 fully saturated rings. The molecule has 1 aliphatic heterocycles. The Balaban J connectivity index is 1.36. The first kappa shape index (κ1) is 26.1. The molecule has 38 heavy (non-hydrogen) atoms. The fraction of sp³-hybridized carbons (Fsp3) is 0.400. The summed E-state index contributed by atoms with van der Waals surface area (Å²) in [4.78, 5) is 32.2. The molecule has 0 atom stereocenters. The van der Waals surface area contributed by atoms with E-state index >= 15 is 0 Å². The van der Waals surface area contributed by atoms with Crippen molar-refractivity contribution in [3.05, 3.63) is 75.5 Å². The van der Waals surface area contributed by atoms with Gasteiger partial charge in [-0.15, -0.1) is 11.3 Å². The van der Waals surface area contributed by atoms with Crippen LogP contribution in [0.4, 0.5) is 10.5 Å². The molecule has 1 N–H and O–H groups in total. The van der Waals surface area contributed by atoms with Crippen molar-refractivity contribution in [1.29, 1.82) is 0 Å². The highest BCUT2D eigenvalue weighted by atomic mass is 32.1. The van der Waals surface area contributed by atoms with Crippen LogP contribution in [0, 0.1) is 13.8 Å². The number of urea groups is 1. The van der Waals surface area contributed by atoms with Gasteiger partial charge in [0.05, 0.1) is 6.54 Å². The summed E-state index contributed by atoms with van der Waals surface area (Å²) in [6.07, 6.45) is 5.15. The molecule has 0 unspecified atom stereocenters. The summed E-state index contributed by atoms with van der Waals surface area (Å²) >= 11 is 1.65. The van der Waals surface area contributed by atoms with Gasteiger partial charge in [0.1, 0.15) is 6.54 Å². The van der Waals surface area contributed by atoms with Gasteiger partial charge < -0.3 is 24.6 Å². The van der Waals surface area contributed by atoms with Gasteiger partial charge in [0.2, 0.25) is 12.7 Å². The number of benzene rings is 2. The Kier molecular flexibility index (Phi) is 8.17. The lowest BCUT2D eigenvalue weighted by Gasteiger charge is -2.35. The lowest BCUT2D eigenvalue weighted by Crippen LogP contribution is -2.49. The van der Waals surface area contributed by atoms with Crippen molar-refractivity contribution in [1.82, 2.24) is 9.80 Å². The van der Waals surface area contributed by atoms with Crippen molar-refractivity contribution >= 4 is 29.0 Å². The number of carbonyl (C=O) groups excluding carboxylic acids is 2. The summed E-state index contributed by atoms with van der Waals surface area (Å²) in [7, 11) is 0. The first-order valence-corrected chi connectivity index (χ1v) is 14.2. The number of thiophene rings is 1. The number of aryl methyl sites for hydroxylation is 2. The van der Waals surface area contributed by atoms with Crippen LogP contribution in [-0.2, 0) is 17.9 Å². The second-order valence-corrected chi connectivity index (χ2v) is 11.2. The number of fused-ring (bicyclic) bond motifs is 1. The quantitative estimate of drug-likeness (QED) is 0.359. The molecule has 0 spiro atoms. The molecule has 1 aromatic heterocycles. The number of anilines is 1. The van der Waals surface area contributed by atoms with Gasteiger partial charge in [0.25, 0.3) is 0 Å². The van der Waals surface area contributed by atoms with Crippen LogP contribution in [0.5, 0.6) is 11.5 Å². The largest absolute Gasteiger partial charge is 0.454 e. The Labute approximate surface area is 228 Å². The molecule has 3 amide bonds. The van der Waals surface area contributed by atoms with E-state index in [0.717, 1.165) is 53.1 Å². The normalized spacial score (nSPS) is 14.8. The van der Waals surface area contributed by atoms with Crippen LogP contribution in [0.2, 0.25) is 0 Å². The summed E-state index contributed by atoms with van der Waals surface area (Å²) in [6.45, 7) is 5.25. The number of nitrogens with zero attached hydrogens (tertiary/aromatic N) is 2. The third kappa shape index (κ3) is 6.30. The van der Waals surface area contributed by atoms with Crippen molar-refractivity contribution in [3.8, 4) is 11.5 Å². The van der Waals surface area contributed by atoms with Gasteiger partial charge in [-0.2, -0.15) is 0 Å². The predicted octanol–water partition coefficient (Wildman–Crippen LogP) is 6.49. The lowest BCUT2D eigenvalue weighted by atomic mass is 9.94. The average molecular weight is 534 g/mol. The average Bonchev–Trinajstić information content (AvgIpc) is 3.56. The van der Waals surface area contributed by atoms with Crippen molar-refractivity contribution < 1.29 is 19.1 Å². The van der Waals surface area contributed by atoms with Crippen LogP contribution in [0.3, 0.4) is 0 Å². The van der Waals surface area contributed by atoms with Crippen LogP contribution in [0.15, 0.2) is 53.9 Å². The monoisotopic (exact) mass is 533 g/mol. The van der Waals surface area contributed by atoms with Crippen LogP contribution in [0.25, 0.3) is 0 Å². The van der Waals surface area contributed by atoms with Gasteiger partial charge >= 0.3 is 6.03 Å². The summed E-state index contributed by atoms with van der Waals surface area (Å²) in [5.74, 6) is 1.35. The molecular formula is C30H35N3O4S. The molecule has 0 saturated heterocycles. The minimum atomic E-state index is -0.218. The molecular weight excluding hydrogens is 498 g/mol. The Hall–Kier alpha value is -3.52. The molecule has 0 bridgehead atoms. The lowest BCUT2D eigenvalue weighted by molar-refractivity contribution is -0.133. The van der Waals surface area contributed by atoms with Crippen LogP contribution in [-0.4, -0.2) is 41.1 Å². The van der Waals surface area contributed by atoms with Gasteiger partial charge in [-0.3, -0.25) is 4.79 Å². The smallest absolute Gasteiger partial charge is 0.322 e. The minimum absolute atomic E-state index is 0.0390. The molecule has 0 radical (unpaired) electrons. The Morgan fingerprint density at radius 1 is 0.947 bits per heavy atom. The maximum absolute atomic E-state index is 13.9. The van der Waals surface area contributed by atoms with E-state index in [1.807, 2.05) is 54.3 Å². The molecule has 2 aliphatic rings. The molecule has 8 heteroatoms. The topological polar surface area (TPSA) is 71.1 Å². The van der Waals surface area contributed by atoms with Gasteiger partial charge in [0.15, 0.2) is 11.5 Å². The van der Waals surface area contributed by atoms with E-state index in [1.54, 1.807) is 16.2 Å². The van der Waals surface area contributed by atoms with Gasteiger partial charge in [-0.25, -0.2) is 4.79 Å². The zero-order chi connectivity index (χ0) is 26.5. The highest BCUT2D eigenvalue weighted by Crippen LogP contribution is 2.33. The Morgan fingerprint density at radius 3 is 2.45 bits per heavy atom. The van der Waals surface area contributed by atoms with Crippen molar-refractivity contribution in [2.45, 2.75) is 65.1 Å². The standard InChI is InChI=1S/C30H35N3O4S/c1-21-8-11-24(12-9-21)31-30(35)33(25-6-4-3-5-7-25)19-29(34)32(18-28-22(2)14-15-38-28)17-23-10-13-26-27(16-23)37-20-36-26/h8-16,25H,3-7,17-20H2,1-2H3,(H,31,35). The van der Waals surface area contributed by atoms with Gasteiger partial charge in [-0.05, 0) is 73.5 Å². The molecule has 7 nitrogen and oxygen atoms in total.